The summed E-state index contributed by atoms with van der Waals surface area (Å²) in [7, 11) is 1.22. The molecule has 0 aliphatic carbocycles. The molecule has 0 saturated carbocycles. The van der Waals surface area contributed by atoms with Crippen LogP contribution in [0.25, 0.3) is 0 Å². The number of nitrogens with zero attached hydrogens (tertiary/aromatic N) is 2. The Balaban J connectivity index is 2.70. The van der Waals surface area contributed by atoms with E-state index in [1.165, 1.54) is 13.2 Å². The number of nitro groups is 2. The number of nitrogens with one attached hydrogen (secondary N) is 2. The minimum atomic E-state index is -0.791. The molecule has 0 heterocycles. The standard InChI is InChI=1S/C15H20N4O7/c1-9(2)14(15(21)26-3)17-13(20)6-7-16-11-5-4-10(18(22)23)8-12(11)19(24)25/h4-5,8-9,14,16H,6-7H2,1-3H3,(H,17,20)/t14-/m0/s1. The molecular weight excluding hydrogens is 348 g/mol. The molecule has 0 saturated heterocycles. The lowest BCUT2D eigenvalue weighted by Crippen LogP contribution is -2.45. The molecular formula is C15H20N4O7. The molecule has 1 aromatic rings. The van der Waals surface area contributed by atoms with Crippen LogP contribution in [0.5, 0.6) is 0 Å². The van der Waals surface area contributed by atoms with Crippen LogP contribution in [0.4, 0.5) is 17.1 Å². The monoisotopic (exact) mass is 368 g/mol. The number of esters is 1. The van der Waals surface area contributed by atoms with Crippen molar-refractivity contribution in [2.24, 2.45) is 5.92 Å². The predicted molar refractivity (Wildman–Crippen MR) is 91.6 cm³/mol. The van der Waals surface area contributed by atoms with E-state index in [-0.39, 0.29) is 24.6 Å². The van der Waals surface area contributed by atoms with E-state index in [1.54, 1.807) is 13.8 Å². The molecule has 2 N–H and O–H groups in total. The Kier molecular flexibility index (Phi) is 7.44. The number of rotatable bonds is 9. The number of amides is 1. The van der Waals surface area contributed by atoms with E-state index in [0.29, 0.717) is 0 Å². The van der Waals surface area contributed by atoms with Gasteiger partial charge in [-0.15, -0.1) is 0 Å². The zero-order valence-electron chi connectivity index (χ0n) is 14.6. The number of carbonyl (C=O) groups is 2. The maximum atomic E-state index is 11.9. The highest BCUT2D eigenvalue weighted by molar-refractivity contribution is 5.84. The number of methoxy groups -OCH3 is 1. The maximum Gasteiger partial charge on any atom is 0.328 e. The van der Waals surface area contributed by atoms with E-state index < -0.39 is 39.1 Å². The van der Waals surface area contributed by atoms with Gasteiger partial charge in [0.1, 0.15) is 11.7 Å². The molecule has 26 heavy (non-hydrogen) atoms. The van der Waals surface area contributed by atoms with Gasteiger partial charge in [0.2, 0.25) is 5.91 Å². The number of hydrogen-bond donors (Lipinski definition) is 2. The first-order valence-corrected chi connectivity index (χ1v) is 7.71. The van der Waals surface area contributed by atoms with Crippen molar-refractivity contribution in [3.63, 3.8) is 0 Å². The van der Waals surface area contributed by atoms with E-state index in [1.807, 2.05) is 0 Å². The van der Waals surface area contributed by atoms with Gasteiger partial charge in [0.05, 0.1) is 23.0 Å². The van der Waals surface area contributed by atoms with E-state index in [4.69, 9.17) is 0 Å². The molecule has 1 rings (SSSR count). The molecule has 1 atom stereocenters. The molecule has 0 aromatic heterocycles. The van der Waals surface area contributed by atoms with Crippen molar-refractivity contribution in [1.29, 1.82) is 0 Å². The SMILES string of the molecule is COC(=O)[C@@H](NC(=O)CCNc1ccc([N+](=O)[O-])cc1[N+](=O)[O-])C(C)C. The first kappa shape index (κ1) is 20.8. The number of nitro benzene ring substituents is 2. The van der Waals surface area contributed by atoms with E-state index in [2.05, 4.69) is 15.4 Å². The second-order valence-corrected chi connectivity index (χ2v) is 5.70. The van der Waals surface area contributed by atoms with Crippen LogP contribution in [0.2, 0.25) is 0 Å². The fourth-order valence-corrected chi connectivity index (χ4v) is 2.12. The summed E-state index contributed by atoms with van der Waals surface area (Å²) in [5.41, 5.74) is -0.811. The van der Waals surface area contributed by atoms with Crippen LogP contribution in [0.3, 0.4) is 0 Å². The zero-order chi connectivity index (χ0) is 19.9. The van der Waals surface area contributed by atoms with Crippen molar-refractivity contribution in [3.05, 3.63) is 38.4 Å². The fourth-order valence-electron chi connectivity index (χ4n) is 2.12. The summed E-state index contributed by atoms with van der Waals surface area (Å²) in [6.45, 7) is 3.54. The van der Waals surface area contributed by atoms with Crippen LogP contribution in [-0.4, -0.2) is 41.4 Å². The van der Waals surface area contributed by atoms with Crippen molar-refractivity contribution in [1.82, 2.24) is 5.32 Å². The molecule has 0 aliphatic heterocycles. The summed E-state index contributed by atoms with van der Waals surface area (Å²) < 4.78 is 4.62. The number of hydrogen-bond acceptors (Lipinski definition) is 8. The molecule has 11 nitrogen and oxygen atoms in total. The van der Waals surface area contributed by atoms with Gasteiger partial charge in [-0.05, 0) is 12.0 Å². The van der Waals surface area contributed by atoms with Gasteiger partial charge < -0.3 is 15.4 Å². The smallest absolute Gasteiger partial charge is 0.328 e. The highest BCUT2D eigenvalue weighted by Gasteiger charge is 2.25. The van der Waals surface area contributed by atoms with Crippen LogP contribution >= 0.6 is 0 Å². The third-order valence-corrected chi connectivity index (χ3v) is 3.49. The first-order chi connectivity index (χ1) is 12.2. The predicted octanol–water partition coefficient (Wildman–Crippen LogP) is 1.62. The van der Waals surface area contributed by atoms with Crippen LogP contribution in [0.15, 0.2) is 18.2 Å². The maximum absolute atomic E-state index is 11.9. The molecule has 0 bridgehead atoms. The zero-order valence-corrected chi connectivity index (χ0v) is 14.6. The van der Waals surface area contributed by atoms with Crippen molar-refractivity contribution in [2.45, 2.75) is 26.3 Å². The number of benzene rings is 1. The lowest BCUT2D eigenvalue weighted by atomic mass is 10.0. The lowest BCUT2D eigenvalue weighted by Gasteiger charge is -2.19. The Labute approximate surface area is 149 Å². The molecule has 0 fully saturated rings. The van der Waals surface area contributed by atoms with Gasteiger partial charge in [0, 0.05) is 19.0 Å². The largest absolute Gasteiger partial charge is 0.467 e. The highest BCUT2D eigenvalue weighted by atomic mass is 16.6. The normalized spacial score (nSPS) is 11.5. The molecule has 0 unspecified atom stereocenters. The summed E-state index contributed by atoms with van der Waals surface area (Å²) in [4.78, 5) is 43.8. The lowest BCUT2D eigenvalue weighted by molar-refractivity contribution is -0.393. The molecule has 0 spiro atoms. The quantitative estimate of drug-likeness (QED) is 0.378. The Hall–Kier alpha value is -3.24. The topological polar surface area (TPSA) is 154 Å². The third-order valence-electron chi connectivity index (χ3n) is 3.49. The van der Waals surface area contributed by atoms with Crippen LogP contribution in [-0.2, 0) is 14.3 Å². The second kappa shape index (κ2) is 9.30. The number of ether oxygens (including phenoxy) is 1. The Bertz CT molecular complexity index is 705. The van der Waals surface area contributed by atoms with Gasteiger partial charge in [0.25, 0.3) is 11.4 Å². The van der Waals surface area contributed by atoms with Gasteiger partial charge in [-0.3, -0.25) is 25.0 Å². The second-order valence-electron chi connectivity index (χ2n) is 5.70. The van der Waals surface area contributed by atoms with Gasteiger partial charge >= 0.3 is 5.97 Å². The molecule has 11 heteroatoms. The van der Waals surface area contributed by atoms with Crippen LogP contribution in [0.1, 0.15) is 20.3 Å². The van der Waals surface area contributed by atoms with E-state index in [9.17, 15) is 29.8 Å². The number of anilines is 1. The Morgan fingerprint density at radius 2 is 1.85 bits per heavy atom. The van der Waals surface area contributed by atoms with Crippen LogP contribution in [0, 0.1) is 26.1 Å². The van der Waals surface area contributed by atoms with E-state index >= 15 is 0 Å². The summed E-state index contributed by atoms with van der Waals surface area (Å²) >= 11 is 0. The van der Waals surface area contributed by atoms with Gasteiger partial charge in [0.15, 0.2) is 0 Å². The summed E-state index contributed by atoms with van der Waals surface area (Å²) in [6.07, 6.45) is -0.0612. The minimum absolute atomic E-state index is 0.0382. The first-order valence-electron chi connectivity index (χ1n) is 7.71. The Morgan fingerprint density at radius 3 is 2.35 bits per heavy atom. The van der Waals surface area contributed by atoms with Crippen LogP contribution < -0.4 is 10.6 Å². The molecule has 1 aromatic carbocycles. The summed E-state index contributed by atoms with van der Waals surface area (Å²) in [5.74, 6) is -1.17. The van der Waals surface area contributed by atoms with Crippen molar-refractivity contribution >= 4 is 28.9 Å². The summed E-state index contributed by atoms with van der Waals surface area (Å²) in [6, 6.07) is 2.39. The molecule has 0 radical (unpaired) electrons. The average Bonchev–Trinajstić information content (AvgIpc) is 2.58. The van der Waals surface area contributed by atoms with Crippen molar-refractivity contribution < 1.29 is 24.2 Å². The van der Waals surface area contributed by atoms with Gasteiger partial charge in [-0.1, -0.05) is 13.8 Å². The van der Waals surface area contributed by atoms with Crippen molar-refractivity contribution in [3.8, 4) is 0 Å². The Morgan fingerprint density at radius 1 is 1.19 bits per heavy atom. The average molecular weight is 368 g/mol. The highest BCUT2D eigenvalue weighted by Crippen LogP contribution is 2.28. The number of non-ortho nitro benzene ring substituents is 1. The summed E-state index contributed by atoms with van der Waals surface area (Å²) in [5, 5.41) is 27.0. The molecule has 0 aliphatic rings. The minimum Gasteiger partial charge on any atom is -0.467 e. The third kappa shape index (κ3) is 5.69. The van der Waals surface area contributed by atoms with E-state index in [0.717, 1.165) is 12.1 Å². The van der Waals surface area contributed by atoms with Gasteiger partial charge in [-0.25, -0.2) is 4.79 Å². The van der Waals surface area contributed by atoms with Crippen molar-refractivity contribution in [2.75, 3.05) is 19.0 Å². The number of carbonyl (C=O) groups excluding carboxylic acids is 2. The fraction of sp³-hybridized carbons (Fsp3) is 0.467. The molecule has 142 valence electrons. The molecule has 1 amide bonds. The van der Waals surface area contributed by atoms with Gasteiger partial charge in [-0.2, -0.15) is 0 Å².